The van der Waals surface area contributed by atoms with E-state index in [0.29, 0.717) is 16.6 Å². The number of ketones is 1. The van der Waals surface area contributed by atoms with E-state index in [9.17, 15) is 4.79 Å². The molecule has 1 heterocycles. The summed E-state index contributed by atoms with van der Waals surface area (Å²) in [7, 11) is 4.20. The number of hydrogen-bond donors (Lipinski definition) is 0. The van der Waals surface area contributed by atoms with Crippen molar-refractivity contribution < 1.29 is 4.79 Å². The topological polar surface area (TPSA) is 23.6 Å². The second-order valence-electron chi connectivity index (χ2n) is 5.47. The number of carbonyl (C=O) groups excluding carboxylic acids is 1. The van der Waals surface area contributed by atoms with Gasteiger partial charge >= 0.3 is 0 Å². The second-order valence-corrected chi connectivity index (χ2v) is 5.88. The van der Waals surface area contributed by atoms with Crippen LogP contribution in [0.5, 0.6) is 0 Å². The highest BCUT2D eigenvalue weighted by Crippen LogP contribution is 2.29. The summed E-state index contributed by atoms with van der Waals surface area (Å²) in [4.78, 5) is 16.0. The summed E-state index contributed by atoms with van der Waals surface area (Å²) in [5, 5.41) is 0.556. The standard InChI is InChI=1S/C15H21ClN2O/c1-11(19)14-7-6-12(9-15(14)16)18-8-4-5-13(18)10-17(2)3/h6-7,9,13H,4-5,8,10H2,1-3H3. The molecule has 0 radical (unpaired) electrons. The molecular formula is C15H21ClN2O. The van der Waals surface area contributed by atoms with Crippen LogP contribution in [0.15, 0.2) is 18.2 Å². The van der Waals surface area contributed by atoms with Gasteiger partial charge in [-0.25, -0.2) is 0 Å². The number of likely N-dealkylation sites (N-methyl/N-ethyl adjacent to an activating group) is 1. The fourth-order valence-corrected chi connectivity index (χ4v) is 3.06. The van der Waals surface area contributed by atoms with E-state index in [1.807, 2.05) is 18.2 Å². The molecule has 0 spiro atoms. The first-order valence-corrected chi connectivity index (χ1v) is 7.08. The van der Waals surface area contributed by atoms with Gasteiger partial charge in [-0.3, -0.25) is 4.79 Å². The molecule has 4 heteroatoms. The maximum atomic E-state index is 11.4. The van der Waals surface area contributed by atoms with Gasteiger partial charge in [0, 0.05) is 30.4 Å². The van der Waals surface area contributed by atoms with Gasteiger partial charge < -0.3 is 9.80 Å². The molecule has 1 aliphatic rings. The first-order valence-electron chi connectivity index (χ1n) is 6.71. The molecule has 0 aromatic heterocycles. The lowest BCUT2D eigenvalue weighted by Gasteiger charge is -2.29. The molecular weight excluding hydrogens is 260 g/mol. The van der Waals surface area contributed by atoms with Gasteiger partial charge in [0.2, 0.25) is 0 Å². The van der Waals surface area contributed by atoms with E-state index < -0.39 is 0 Å². The first-order chi connectivity index (χ1) is 8.99. The Balaban J connectivity index is 2.21. The Morgan fingerprint density at radius 3 is 2.79 bits per heavy atom. The Bertz CT molecular complexity index is 473. The van der Waals surface area contributed by atoms with Gasteiger partial charge in [-0.1, -0.05) is 11.6 Å². The van der Waals surface area contributed by atoms with Crippen LogP contribution >= 0.6 is 11.6 Å². The van der Waals surface area contributed by atoms with Crippen LogP contribution in [0.25, 0.3) is 0 Å². The fraction of sp³-hybridized carbons (Fsp3) is 0.533. The zero-order chi connectivity index (χ0) is 14.0. The highest BCUT2D eigenvalue weighted by molar-refractivity contribution is 6.34. The zero-order valence-corrected chi connectivity index (χ0v) is 12.6. The number of benzene rings is 1. The monoisotopic (exact) mass is 280 g/mol. The Kier molecular flexibility index (Phi) is 4.48. The van der Waals surface area contributed by atoms with Crippen LogP contribution in [-0.2, 0) is 0 Å². The van der Waals surface area contributed by atoms with Crippen LogP contribution in [0.4, 0.5) is 5.69 Å². The Morgan fingerprint density at radius 2 is 2.21 bits per heavy atom. The van der Waals surface area contributed by atoms with Crippen LogP contribution in [0.3, 0.4) is 0 Å². The van der Waals surface area contributed by atoms with Crippen molar-refractivity contribution in [1.29, 1.82) is 0 Å². The van der Waals surface area contributed by atoms with Crippen LogP contribution in [-0.4, -0.2) is 43.9 Å². The molecule has 1 aromatic rings. The van der Waals surface area contributed by atoms with E-state index in [-0.39, 0.29) is 5.78 Å². The third-order valence-electron chi connectivity index (χ3n) is 3.62. The lowest BCUT2D eigenvalue weighted by Crippen LogP contribution is -2.37. The Labute approximate surface area is 120 Å². The third kappa shape index (κ3) is 3.28. The number of rotatable bonds is 4. The van der Waals surface area contributed by atoms with Crippen molar-refractivity contribution in [3.63, 3.8) is 0 Å². The Morgan fingerprint density at radius 1 is 1.47 bits per heavy atom. The van der Waals surface area contributed by atoms with Gasteiger partial charge in [-0.15, -0.1) is 0 Å². The number of Topliss-reactive ketones (excluding diaryl/α,β-unsaturated/α-hetero) is 1. The molecule has 0 bridgehead atoms. The summed E-state index contributed by atoms with van der Waals surface area (Å²) in [5.41, 5.74) is 1.73. The maximum Gasteiger partial charge on any atom is 0.161 e. The molecule has 0 saturated carbocycles. The zero-order valence-electron chi connectivity index (χ0n) is 11.8. The van der Waals surface area contributed by atoms with Crippen molar-refractivity contribution in [1.82, 2.24) is 4.90 Å². The molecule has 0 aliphatic carbocycles. The molecule has 19 heavy (non-hydrogen) atoms. The number of carbonyl (C=O) groups is 1. The summed E-state index contributed by atoms with van der Waals surface area (Å²) < 4.78 is 0. The summed E-state index contributed by atoms with van der Waals surface area (Å²) >= 11 is 6.20. The van der Waals surface area contributed by atoms with Crippen molar-refractivity contribution >= 4 is 23.1 Å². The van der Waals surface area contributed by atoms with Gasteiger partial charge in [-0.2, -0.15) is 0 Å². The number of hydrogen-bond acceptors (Lipinski definition) is 3. The van der Waals surface area contributed by atoms with Crippen LogP contribution in [0, 0.1) is 0 Å². The van der Waals surface area contributed by atoms with Crippen molar-refractivity contribution in [2.45, 2.75) is 25.8 Å². The number of nitrogens with zero attached hydrogens (tertiary/aromatic N) is 2. The fourth-order valence-electron chi connectivity index (χ4n) is 2.76. The van der Waals surface area contributed by atoms with Crippen molar-refractivity contribution in [2.24, 2.45) is 0 Å². The predicted molar refractivity (Wildman–Crippen MR) is 80.4 cm³/mol. The summed E-state index contributed by atoms with van der Waals surface area (Å²) in [5.74, 6) is 0.0165. The van der Waals surface area contributed by atoms with Gasteiger partial charge in [0.15, 0.2) is 5.78 Å². The Hall–Kier alpha value is -1.06. The van der Waals surface area contributed by atoms with Gasteiger partial charge in [0.25, 0.3) is 0 Å². The molecule has 1 unspecified atom stereocenters. The molecule has 1 atom stereocenters. The largest absolute Gasteiger partial charge is 0.367 e. The van der Waals surface area contributed by atoms with Crippen molar-refractivity contribution in [2.75, 3.05) is 32.1 Å². The van der Waals surface area contributed by atoms with Crippen LogP contribution in [0.1, 0.15) is 30.1 Å². The maximum absolute atomic E-state index is 11.4. The van der Waals surface area contributed by atoms with Crippen LogP contribution in [0.2, 0.25) is 5.02 Å². The van der Waals surface area contributed by atoms with Crippen molar-refractivity contribution in [3.05, 3.63) is 28.8 Å². The van der Waals surface area contributed by atoms with E-state index in [2.05, 4.69) is 23.9 Å². The average molecular weight is 281 g/mol. The van der Waals surface area contributed by atoms with E-state index in [0.717, 1.165) is 18.8 Å². The molecule has 2 rings (SSSR count). The summed E-state index contributed by atoms with van der Waals surface area (Å²) in [6, 6.07) is 6.31. The minimum Gasteiger partial charge on any atom is -0.367 e. The molecule has 104 valence electrons. The third-order valence-corrected chi connectivity index (χ3v) is 3.93. The quantitative estimate of drug-likeness (QED) is 0.792. The lowest BCUT2D eigenvalue weighted by molar-refractivity contribution is 0.101. The van der Waals surface area contributed by atoms with Crippen molar-refractivity contribution in [3.8, 4) is 0 Å². The van der Waals surface area contributed by atoms with Gasteiger partial charge in [-0.05, 0) is 52.1 Å². The molecule has 0 amide bonds. The molecule has 1 aromatic carbocycles. The van der Waals surface area contributed by atoms with E-state index in [4.69, 9.17) is 11.6 Å². The van der Waals surface area contributed by atoms with Gasteiger partial charge in [0.1, 0.15) is 0 Å². The smallest absolute Gasteiger partial charge is 0.161 e. The molecule has 1 saturated heterocycles. The van der Waals surface area contributed by atoms with Crippen LogP contribution < -0.4 is 4.90 Å². The second kappa shape index (κ2) is 5.93. The van der Waals surface area contributed by atoms with E-state index in [1.54, 1.807) is 6.92 Å². The average Bonchev–Trinajstić information content (AvgIpc) is 2.75. The molecule has 1 aliphatic heterocycles. The number of anilines is 1. The normalized spacial score (nSPS) is 19.2. The highest BCUT2D eigenvalue weighted by Gasteiger charge is 2.25. The number of halogens is 1. The SMILES string of the molecule is CC(=O)c1ccc(N2CCCC2CN(C)C)cc1Cl. The molecule has 1 fully saturated rings. The van der Waals surface area contributed by atoms with Gasteiger partial charge in [0.05, 0.1) is 5.02 Å². The minimum absolute atomic E-state index is 0.0165. The predicted octanol–water partition coefficient (Wildman–Crippen LogP) is 3.07. The minimum atomic E-state index is 0.0165. The lowest BCUT2D eigenvalue weighted by atomic mass is 10.1. The highest BCUT2D eigenvalue weighted by atomic mass is 35.5. The summed E-state index contributed by atoms with van der Waals surface area (Å²) in [6.45, 7) is 3.66. The van der Waals surface area contributed by atoms with E-state index in [1.165, 1.54) is 12.8 Å². The first kappa shape index (κ1) is 14.4. The molecule has 3 nitrogen and oxygen atoms in total. The molecule has 0 N–H and O–H groups in total. The summed E-state index contributed by atoms with van der Waals surface area (Å²) in [6.07, 6.45) is 2.43. The van der Waals surface area contributed by atoms with E-state index >= 15 is 0 Å².